The van der Waals surface area contributed by atoms with Gasteiger partial charge in [0.15, 0.2) is 5.78 Å². The molecule has 0 saturated heterocycles. The Morgan fingerprint density at radius 3 is 2.58 bits per heavy atom. The minimum absolute atomic E-state index is 0.0365. The summed E-state index contributed by atoms with van der Waals surface area (Å²) < 4.78 is 15.8. The molecular weight excluding hydrogens is 402 g/mol. The fourth-order valence-corrected chi connectivity index (χ4v) is 3.13. The SMILES string of the molecule is COc1ccc2c(C[C@H](OC)C(=O)N[C@@H](CCC(=O)C=N)C(=O)OC(C)C)c[nH]c2c1. The number of hydrogen-bond donors (Lipinski definition) is 3. The van der Waals surface area contributed by atoms with E-state index in [9.17, 15) is 14.4 Å². The van der Waals surface area contributed by atoms with Crippen molar-refractivity contribution < 1.29 is 28.6 Å². The van der Waals surface area contributed by atoms with Crippen molar-refractivity contribution in [3.8, 4) is 5.75 Å². The summed E-state index contributed by atoms with van der Waals surface area (Å²) in [5, 5.41) is 10.6. The third-order valence-corrected chi connectivity index (χ3v) is 4.75. The number of fused-ring (bicyclic) bond motifs is 1. The number of methoxy groups -OCH3 is 2. The number of rotatable bonds is 12. The second kappa shape index (κ2) is 11.3. The van der Waals surface area contributed by atoms with Crippen molar-refractivity contribution in [2.24, 2.45) is 0 Å². The Morgan fingerprint density at radius 1 is 1.23 bits per heavy atom. The molecule has 1 heterocycles. The Balaban J connectivity index is 2.13. The zero-order chi connectivity index (χ0) is 23.0. The fourth-order valence-electron chi connectivity index (χ4n) is 3.13. The molecule has 0 aliphatic rings. The monoisotopic (exact) mass is 431 g/mol. The van der Waals surface area contributed by atoms with Crippen LogP contribution in [0, 0.1) is 5.41 Å². The average Bonchev–Trinajstić information content (AvgIpc) is 3.15. The van der Waals surface area contributed by atoms with Crippen LogP contribution in [-0.2, 0) is 30.3 Å². The molecule has 1 amide bonds. The van der Waals surface area contributed by atoms with E-state index in [0.29, 0.717) is 12.0 Å². The summed E-state index contributed by atoms with van der Waals surface area (Å²) in [6.45, 7) is 3.40. The molecule has 0 unspecified atom stereocenters. The lowest BCUT2D eigenvalue weighted by molar-refractivity contribution is -0.152. The van der Waals surface area contributed by atoms with Crippen LogP contribution in [0.2, 0.25) is 0 Å². The average molecular weight is 431 g/mol. The highest BCUT2D eigenvalue weighted by Crippen LogP contribution is 2.24. The first kappa shape index (κ1) is 24.1. The predicted octanol–water partition coefficient (Wildman–Crippen LogP) is 2.17. The van der Waals surface area contributed by atoms with Crippen LogP contribution in [0.25, 0.3) is 10.9 Å². The topological polar surface area (TPSA) is 131 Å². The Kier molecular flexibility index (Phi) is 8.75. The van der Waals surface area contributed by atoms with Crippen molar-refractivity contribution in [2.45, 2.75) is 51.4 Å². The minimum Gasteiger partial charge on any atom is -0.497 e. The first-order valence-electron chi connectivity index (χ1n) is 10.00. The van der Waals surface area contributed by atoms with Crippen LogP contribution in [0.15, 0.2) is 24.4 Å². The first-order valence-corrected chi connectivity index (χ1v) is 10.00. The van der Waals surface area contributed by atoms with Gasteiger partial charge in [0.1, 0.15) is 17.9 Å². The van der Waals surface area contributed by atoms with E-state index >= 15 is 0 Å². The second-order valence-corrected chi connectivity index (χ2v) is 7.35. The molecule has 2 atom stereocenters. The molecule has 1 aromatic carbocycles. The van der Waals surface area contributed by atoms with Crippen molar-refractivity contribution in [3.63, 3.8) is 0 Å². The van der Waals surface area contributed by atoms with Gasteiger partial charge in [-0.05, 0) is 38.0 Å². The molecule has 2 rings (SSSR count). The third-order valence-electron chi connectivity index (χ3n) is 4.75. The standard InChI is InChI=1S/C22H29N3O6/c1-13(2)31-22(28)18(8-5-15(26)11-23)25-21(27)20(30-4)9-14-12-24-19-10-16(29-3)6-7-17(14)19/h6-7,10-13,18,20,23-24H,5,8-9H2,1-4H3,(H,25,27)/t18-,20-/m0/s1. The number of aromatic nitrogens is 1. The zero-order valence-electron chi connectivity index (χ0n) is 18.2. The van der Waals surface area contributed by atoms with E-state index in [1.54, 1.807) is 27.2 Å². The normalized spacial score (nSPS) is 12.9. The van der Waals surface area contributed by atoms with Gasteiger partial charge in [0.05, 0.1) is 19.4 Å². The first-order chi connectivity index (χ1) is 14.8. The van der Waals surface area contributed by atoms with Crippen LogP contribution < -0.4 is 10.1 Å². The number of aromatic amines is 1. The summed E-state index contributed by atoms with van der Waals surface area (Å²) in [4.78, 5) is 39.9. The zero-order valence-corrected chi connectivity index (χ0v) is 18.2. The van der Waals surface area contributed by atoms with Crippen molar-refractivity contribution in [1.29, 1.82) is 5.41 Å². The number of benzene rings is 1. The predicted molar refractivity (Wildman–Crippen MR) is 116 cm³/mol. The fraction of sp³-hybridized carbons (Fsp3) is 0.455. The van der Waals surface area contributed by atoms with Gasteiger partial charge < -0.3 is 29.9 Å². The number of carbonyl (C=O) groups is 3. The van der Waals surface area contributed by atoms with E-state index in [4.69, 9.17) is 19.6 Å². The highest BCUT2D eigenvalue weighted by molar-refractivity contribution is 6.26. The van der Waals surface area contributed by atoms with E-state index in [0.717, 1.165) is 16.5 Å². The number of carbonyl (C=O) groups excluding carboxylic acids is 3. The highest BCUT2D eigenvalue weighted by atomic mass is 16.5. The molecule has 9 heteroatoms. The third kappa shape index (κ3) is 6.65. The molecule has 0 saturated carbocycles. The summed E-state index contributed by atoms with van der Waals surface area (Å²) in [5.74, 6) is -0.837. The number of esters is 1. The summed E-state index contributed by atoms with van der Waals surface area (Å²) in [6, 6.07) is 4.58. The number of ether oxygens (including phenoxy) is 3. The molecule has 0 aliphatic heterocycles. The van der Waals surface area contributed by atoms with Gasteiger partial charge in [-0.25, -0.2) is 4.79 Å². The smallest absolute Gasteiger partial charge is 0.328 e. The van der Waals surface area contributed by atoms with E-state index < -0.39 is 29.8 Å². The summed E-state index contributed by atoms with van der Waals surface area (Å²) >= 11 is 0. The van der Waals surface area contributed by atoms with Crippen LogP contribution in [0.4, 0.5) is 0 Å². The summed E-state index contributed by atoms with van der Waals surface area (Å²) in [7, 11) is 3.01. The molecule has 168 valence electrons. The largest absolute Gasteiger partial charge is 0.497 e. The number of hydrogen-bond acceptors (Lipinski definition) is 7. The lowest BCUT2D eigenvalue weighted by Gasteiger charge is -2.22. The van der Waals surface area contributed by atoms with Crippen LogP contribution in [0.3, 0.4) is 0 Å². The van der Waals surface area contributed by atoms with Crippen molar-refractivity contribution in [1.82, 2.24) is 10.3 Å². The molecule has 0 fully saturated rings. The molecule has 9 nitrogen and oxygen atoms in total. The number of ketones is 1. The van der Waals surface area contributed by atoms with Crippen LogP contribution >= 0.6 is 0 Å². The van der Waals surface area contributed by atoms with Gasteiger partial charge >= 0.3 is 5.97 Å². The van der Waals surface area contributed by atoms with Crippen LogP contribution in [0.5, 0.6) is 5.75 Å². The minimum atomic E-state index is -1.01. The van der Waals surface area contributed by atoms with Gasteiger partial charge in [-0.3, -0.25) is 9.59 Å². The quantitative estimate of drug-likeness (QED) is 0.349. The molecule has 0 radical (unpaired) electrons. The molecular formula is C22H29N3O6. The molecule has 1 aromatic heterocycles. The Morgan fingerprint density at radius 2 is 1.97 bits per heavy atom. The Labute approximate surface area is 180 Å². The van der Waals surface area contributed by atoms with Crippen molar-refractivity contribution in [2.75, 3.05) is 14.2 Å². The molecule has 0 aliphatic carbocycles. The van der Waals surface area contributed by atoms with Gasteiger partial charge in [-0.15, -0.1) is 0 Å². The molecule has 31 heavy (non-hydrogen) atoms. The number of H-pyrrole nitrogens is 1. The van der Waals surface area contributed by atoms with Crippen molar-refractivity contribution in [3.05, 3.63) is 30.0 Å². The lowest BCUT2D eigenvalue weighted by Crippen LogP contribution is -2.48. The van der Waals surface area contributed by atoms with E-state index in [1.165, 1.54) is 7.11 Å². The van der Waals surface area contributed by atoms with Gasteiger partial charge in [0.2, 0.25) is 5.91 Å². The van der Waals surface area contributed by atoms with Gasteiger partial charge in [0, 0.05) is 43.1 Å². The number of amides is 1. The van der Waals surface area contributed by atoms with E-state index in [-0.39, 0.29) is 25.4 Å². The van der Waals surface area contributed by atoms with E-state index in [1.807, 2.05) is 18.2 Å². The number of nitrogens with one attached hydrogen (secondary N) is 3. The lowest BCUT2D eigenvalue weighted by atomic mass is 10.0. The second-order valence-electron chi connectivity index (χ2n) is 7.35. The summed E-state index contributed by atoms with van der Waals surface area (Å²) in [6.07, 6.45) is 1.53. The van der Waals surface area contributed by atoms with Gasteiger partial charge in [-0.1, -0.05) is 0 Å². The van der Waals surface area contributed by atoms with Gasteiger partial charge in [0.25, 0.3) is 0 Å². The van der Waals surface area contributed by atoms with Crippen molar-refractivity contribution >= 4 is 34.8 Å². The summed E-state index contributed by atoms with van der Waals surface area (Å²) in [5.41, 5.74) is 1.74. The Hall–Kier alpha value is -3.20. The molecule has 0 spiro atoms. The maximum Gasteiger partial charge on any atom is 0.328 e. The number of Topliss-reactive ketones (excluding diaryl/α,β-unsaturated/α-hetero) is 1. The van der Waals surface area contributed by atoms with E-state index in [2.05, 4.69) is 10.3 Å². The maximum atomic E-state index is 12.8. The molecule has 3 N–H and O–H groups in total. The maximum absolute atomic E-state index is 12.8. The van der Waals surface area contributed by atoms with Gasteiger partial charge in [-0.2, -0.15) is 0 Å². The Bertz CT molecular complexity index is 936. The van der Waals surface area contributed by atoms with Crippen LogP contribution in [0.1, 0.15) is 32.3 Å². The molecule has 2 aromatic rings. The van der Waals surface area contributed by atoms with Crippen LogP contribution in [-0.4, -0.2) is 61.3 Å². The molecule has 0 bridgehead atoms. The highest BCUT2D eigenvalue weighted by Gasteiger charge is 2.28.